The van der Waals surface area contributed by atoms with Crippen LogP contribution in [-0.2, 0) is 19.1 Å². The maximum absolute atomic E-state index is 15.4. The van der Waals surface area contributed by atoms with Crippen LogP contribution in [0.3, 0.4) is 0 Å². The van der Waals surface area contributed by atoms with Gasteiger partial charge in [-0.3, -0.25) is 14.4 Å². The normalized spacial score (nSPS) is 40.4. The summed E-state index contributed by atoms with van der Waals surface area (Å²) in [6, 6.07) is -0.250. The predicted octanol–water partition coefficient (Wildman–Crippen LogP) is 4.07. The fourth-order valence-corrected chi connectivity index (χ4v) is 8.90. The summed E-state index contributed by atoms with van der Waals surface area (Å²) in [5, 5.41) is 46.2. The van der Waals surface area contributed by atoms with Crippen molar-refractivity contribution < 1.29 is 39.5 Å². The summed E-state index contributed by atoms with van der Waals surface area (Å²) in [6.07, 6.45) is 1.67. The fourth-order valence-electron chi connectivity index (χ4n) is 8.90. The standard InChI is InChI=1S/C33H41NO8/c1-12(2)9-18-24-15(5)14(4)11-17-10-13(3)7-8-19(35)26(37)22-23(31(40)33(17,24)32(41)34-18)29-20-16(6)25(36)28(39)27(38)21(20)30(22)42-29/h10-12,15,17-19,22-24,29-30,35-36,38-39H,7-9H2,1-6H3,(H,34,41)/b13-10+/t15-,17+,18+,19-,22-,23+,24+,29+,30-,33+/m1/s1. The number of carbonyl (C=O) groups is 3. The zero-order chi connectivity index (χ0) is 30.6. The van der Waals surface area contributed by atoms with Gasteiger partial charge in [-0.15, -0.1) is 0 Å². The number of Topliss-reactive ketones (excluding diaryl/α,β-unsaturated/α-hetero) is 2. The summed E-state index contributed by atoms with van der Waals surface area (Å²) in [5.41, 5.74) is 1.21. The number of aromatic hydroxyl groups is 3. The molecule has 5 aliphatic rings. The quantitative estimate of drug-likeness (QED) is 0.200. The van der Waals surface area contributed by atoms with Crippen LogP contribution in [0.1, 0.15) is 82.8 Å². The third-order valence-electron chi connectivity index (χ3n) is 10.9. The van der Waals surface area contributed by atoms with Crippen molar-refractivity contribution in [3.05, 3.63) is 40.0 Å². The average Bonchev–Trinajstić information content (AvgIpc) is 3.58. The number of carbonyl (C=O) groups excluding carboxylic acids is 3. The zero-order valence-electron chi connectivity index (χ0n) is 25.0. The SMILES string of the molecule is CC1=C[C@@H]2/C=C(\C)CC[C@@H](O)C(=O)[C@H]3[C@H](C(=O)[C@]24C(=O)N[C@@H](CC(C)C)[C@@H]4[C@@H]1C)[C@H]1O[C@@H]3c2c(O)c(O)c(O)c(C)c21. The molecule has 1 spiro atoms. The third kappa shape index (κ3) is 3.65. The maximum atomic E-state index is 15.4. The first kappa shape index (κ1) is 28.9. The molecule has 2 saturated heterocycles. The summed E-state index contributed by atoms with van der Waals surface area (Å²) in [5.74, 6) is -6.25. The van der Waals surface area contributed by atoms with Crippen LogP contribution in [0, 0.1) is 47.8 Å². The highest BCUT2D eigenvalue weighted by molar-refractivity contribution is 6.12. The number of aliphatic hydroxyl groups is 1. The molecule has 2 bridgehead atoms. The number of ketones is 2. The minimum absolute atomic E-state index is 0.0926. The average molecular weight is 580 g/mol. The van der Waals surface area contributed by atoms with Gasteiger partial charge in [0.25, 0.3) is 0 Å². The second-order valence-electron chi connectivity index (χ2n) is 13.7. The van der Waals surface area contributed by atoms with Crippen molar-refractivity contribution in [3.8, 4) is 17.2 Å². The number of phenolic OH excluding ortho intramolecular Hbond substituents is 3. The van der Waals surface area contributed by atoms with E-state index in [1.165, 1.54) is 0 Å². The molecule has 9 heteroatoms. The van der Waals surface area contributed by atoms with Crippen molar-refractivity contribution in [1.82, 2.24) is 5.32 Å². The van der Waals surface area contributed by atoms with Gasteiger partial charge < -0.3 is 30.5 Å². The van der Waals surface area contributed by atoms with Crippen LogP contribution in [0.25, 0.3) is 0 Å². The molecule has 2 aliphatic carbocycles. The monoisotopic (exact) mass is 579 g/mol. The number of amides is 1. The molecule has 42 heavy (non-hydrogen) atoms. The van der Waals surface area contributed by atoms with Crippen molar-refractivity contribution in [1.29, 1.82) is 0 Å². The molecule has 226 valence electrons. The highest BCUT2D eigenvalue weighted by Crippen LogP contribution is 2.67. The van der Waals surface area contributed by atoms with Crippen molar-refractivity contribution in [2.24, 2.45) is 40.9 Å². The lowest BCUT2D eigenvalue weighted by atomic mass is 9.51. The van der Waals surface area contributed by atoms with E-state index >= 15 is 4.79 Å². The van der Waals surface area contributed by atoms with E-state index in [2.05, 4.69) is 26.1 Å². The van der Waals surface area contributed by atoms with Gasteiger partial charge in [0.15, 0.2) is 23.1 Å². The molecule has 1 amide bonds. The summed E-state index contributed by atoms with van der Waals surface area (Å²) in [4.78, 5) is 43.8. The molecule has 3 aliphatic heterocycles. The summed E-state index contributed by atoms with van der Waals surface area (Å²) < 4.78 is 6.30. The topological polar surface area (TPSA) is 153 Å². The van der Waals surface area contributed by atoms with Gasteiger partial charge >= 0.3 is 0 Å². The number of aliphatic hydroxyl groups excluding tert-OH is 1. The van der Waals surface area contributed by atoms with E-state index in [9.17, 15) is 30.0 Å². The Morgan fingerprint density at radius 1 is 0.976 bits per heavy atom. The Kier molecular flexibility index (Phi) is 6.66. The van der Waals surface area contributed by atoms with E-state index in [4.69, 9.17) is 4.74 Å². The predicted molar refractivity (Wildman–Crippen MR) is 152 cm³/mol. The number of fused-ring (bicyclic) bond motifs is 8. The highest BCUT2D eigenvalue weighted by Gasteiger charge is 2.71. The lowest BCUT2D eigenvalue weighted by Gasteiger charge is -2.47. The Morgan fingerprint density at radius 2 is 1.64 bits per heavy atom. The van der Waals surface area contributed by atoms with E-state index in [0.717, 1.165) is 11.1 Å². The fraction of sp³-hybridized carbons (Fsp3) is 0.606. The number of allylic oxidation sites excluding steroid dienone is 4. The summed E-state index contributed by atoms with van der Waals surface area (Å²) in [6.45, 7) is 11.7. The highest BCUT2D eigenvalue weighted by atomic mass is 16.5. The van der Waals surface area contributed by atoms with Crippen molar-refractivity contribution >= 4 is 17.5 Å². The van der Waals surface area contributed by atoms with Crippen LogP contribution in [0.15, 0.2) is 23.3 Å². The maximum Gasteiger partial charge on any atom is 0.235 e. The molecule has 9 nitrogen and oxygen atoms in total. The molecule has 3 heterocycles. The number of hydrogen-bond donors (Lipinski definition) is 5. The van der Waals surface area contributed by atoms with Gasteiger partial charge in [-0.2, -0.15) is 0 Å². The van der Waals surface area contributed by atoms with Gasteiger partial charge in [-0.05, 0) is 57.4 Å². The minimum Gasteiger partial charge on any atom is -0.504 e. The van der Waals surface area contributed by atoms with Crippen LogP contribution in [0.2, 0.25) is 0 Å². The lowest BCUT2D eigenvalue weighted by molar-refractivity contribution is -0.152. The Morgan fingerprint density at radius 3 is 2.31 bits per heavy atom. The number of nitrogens with one attached hydrogen (secondary N) is 1. The Balaban J connectivity index is 1.62. The van der Waals surface area contributed by atoms with Gasteiger partial charge in [0.05, 0.1) is 24.0 Å². The summed E-state index contributed by atoms with van der Waals surface area (Å²) in [7, 11) is 0. The number of hydrogen-bond acceptors (Lipinski definition) is 8. The Labute approximate surface area is 245 Å². The van der Waals surface area contributed by atoms with Crippen LogP contribution in [-0.4, -0.2) is 50.0 Å². The molecule has 1 aromatic rings. The first-order valence-corrected chi connectivity index (χ1v) is 15.1. The van der Waals surface area contributed by atoms with Gasteiger partial charge in [0.2, 0.25) is 11.7 Å². The van der Waals surface area contributed by atoms with Gasteiger partial charge in [0.1, 0.15) is 11.5 Å². The van der Waals surface area contributed by atoms with Crippen molar-refractivity contribution in [2.45, 2.75) is 85.2 Å². The van der Waals surface area contributed by atoms with Crippen LogP contribution in [0.4, 0.5) is 0 Å². The molecule has 10 atom stereocenters. The third-order valence-corrected chi connectivity index (χ3v) is 10.9. The number of benzene rings is 1. The molecule has 0 aromatic heterocycles. The molecule has 0 unspecified atom stereocenters. The smallest absolute Gasteiger partial charge is 0.235 e. The van der Waals surface area contributed by atoms with Crippen LogP contribution >= 0.6 is 0 Å². The minimum atomic E-state index is -1.51. The van der Waals surface area contributed by atoms with E-state index in [1.807, 2.05) is 26.0 Å². The van der Waals surface area contributed by atoms with E-state index in [1.54, 1.807) is 6.92 Å². The molecular formula is C33H41NO8. The Bertz CT molecular complexity index is 1460. The van der Waals surface area contributed by atoms with Crippen LogP contribution in [0.5, 0.6) is 17.2 Å². The molecular weight excluding hydrogens is 538 g/mol. The number of phenols is 3. The number of ether oxygens (including phenoxy) is 1. The number of rotatable bonds is 2. The zero-order valence-corrected chi connectivity index (χ0v) is 25.0. The lowest BCUT2D eigenvalue weighted by Crippen LogP contribution is -2.56. The second kappa shape index (κ2) is 9.67. The molecule has 2 fully saturated rings. The van der Waals surface area contributed by atoms with Gasteiger partial charge in [0, 0.05) is 29.0 Å². The molecule has 0 saturated carbocycles. The van der Waals surface area contributed by atoms with E-state index in [-0.39, 0.29) is 47.3 Å². The van der Waals surface area contributed by atoms with Crippen molar-refractivity contribution in [2.75, 3.05) is 0 Å². The summed E-state index contributed by atoms with van der Waals surface area (Å²) >= 11 is 0. The second-order valence-corrected chi connectivity index (χ2v) is 13.7. The first-order chi connectivity index (χ1) is 19.7. The van der Waals surface area contributed by atoms with Gasteiger partial charge in [-0.25, -0.2) is 0 Å². The molecule has 6 rings (SSSR count). The van der Waals surface area contributed by atoms with Crippen LogP contribution < -0.4 is 5.32 Å². The molecule has 1 aromatic carbocycles. The Hall–Kier alpha value is -3.17. The van der Waals surface area contributed by atoms with E-state index in [0.29, 0.717) is 18.4 Å². The largest absolute Gasteiger partial charge is 0.504 e. The van der Waals surface area contributed by atoms with E-state index < -0.39 is 70.3 Å². The molecule has 0 radical (unpaired) electrons. The molecule has 5 N–H and O–H groups in total. The van der Waals surface area contributed by atoms with Crippen molar-refractivity contribution in [3.63, 3.8) is 0 Å². The first-order valence-electron chi connectivity index (χ1n) is 15.1. The van der Waals surface area contributed by atoms with Gasteiger partial charge in [-0.1, -0.05) is 44.1 Å².